The number of hydrogen-bond acceptors (Lipinski definition) is 3. The molecule has 5 nitrogen and oxygen atoms in total. The van der Waals surface area contributed by atoms with Gasteiger partial charge in [0.2, 0.25) is 5.91 Å². The third kappa shape index (κ3) is 3.12. The molecule has 1 aromatic carbocycles. The van der Waals surface area contributed by atoms with Gasteiger partial charge in [0, 0.05) is 18.4 Å². The standard InChI is InChI=1S/C20H28N4O.ClH/c1-12-6-5-7-16-17(12)24(4)23-18(16)20(2,3)22-19(25)13-8-14-10-21-11-15(14)9-13;/h5-7,13-15,21H,8-11H2,1-4H3,(H,22,25);1H/t13-,14+,15-;. The Labute approximate surface area is 161 Å². The predicted octanol–water partition coefficient (Wildman–Crippen LogP) is 2.90. The van der Waals surface area contributed by atoms with E-state index < -0.39 is 5.54 Å². The molecule has 2 aliphatic rings. The Morgan fingerprint density at radius 2 is 1.92 bits per heavy atom. The summed E-state index contributed by atoms with van der Waals surface area (Å²) in [7, 11) is 1.97. The number of nitrogens with one attached hydrogen (secondary N) is 2. The monoisotopic (exact) mass is 376 g/mol. The normalized spacial score (nSPS) is 25.2. The molecule has 6 heteroatoms. The van der Waals surface area contributed by atoms with Crippen LogP contribution < -0.4 is 10.6 Å². The van der Waals surface area contributed by atoms with E-state index in [4.69, 9.17) is 5.10 Å². The van der Waals surface area contributed by atoms with Gasteiger partial charge in [-0.05, 0) is 64.1 Å². The van der Waals surface area contributed by atoms with Gasteiger partial charge in [0.1, 0.15) is 0 Å². The zero-order valence-electron chi connectivity index (χ0n) is 16.0. The molecule has 1 aliphatic carbocycles. The number of hydrogen-bond donors (Lipinski definition) is 2. The molecule has 0 spiro atoms. The molecule has 2 fully saturated rings. The highest BCUT2D eigenvalue weighted by molar-refractivity contribution is 5.87. The average molecular weight is 377 g/mol. The van der Waals surface area contributed by atoms with Crippen LogP contribution in [0.25, 0.3) is 10.9 Å². The van der Waals surface area contributed by atoms with Gasteiger partial charge in [-0.25, -0.2) is 0 Å². The lowest BCUT2D eigenvalue weighted by Crippen LogP contribution is -2.44. The van der Waals surface area contributed by atoms with E-state index in [1.165, 1.54) is 5.56 Å². The van der Waals surface area contributed by atoms with Crippen molar-refractivity contribution in [3.05, 3.63) is 29.5 Å². The molecule has 4 rings (SSSR count). The van der Waals surface area contributed by atoms with Crippen molar-refractivity contribution in [2.45, 2.75) is 39.2 Å². The number of carbonyl (C=O) groups is 1. The van der Waals surface area contributed by atoms with Gasteiger partial charge in [-0.2, -0.15) is 5.10 Å². The summed E-state index contributed by atoms with van der Waals surface area (Å²) in [6, 6.07) is 6.26. The summed E-state index contributed by atoms with van der Waals surface area (Å²) in [5.41, 5.74) is 2.81. The second kappa shape index (κ2) is 6.86. The van der Waals surface area contributed by atoms with Crippen molar-refractivity contribution in [1.82, 2.24) is 20.4 Å². The van der Waals surface area contributed by atoms with E-state index in [0.29, 0.717) is 11.8 Å². The summed E-state index contributed by atoms with van der Waals surface area (Å²) in [5.74, 6) is 1.69. The topological polar surface area (TPSA) is 59.0 Å². The molecule has 1 saturated heterocycles. The van der Waals surface area contributed by atoms with Crippen LogP contribution in [0.15, 0.2) is 18.2 Å². The van der Waals surface area contributed by atoms with E-state index in [2.05, 4.69) is 49.6 Å². The van der Waals surface area contributed by atoms with Crippen LogP contribution in [-0.4, -0.2) is 28.8 Å². The lowest BCUT2D eigenvalue weighted by atomic mass is 9.94. The van der Waals surface area contributed by atoms with Crippen molar-refractivity contribution in [2.24, 2.45) is 24.8 Å². The molecule has 1 aromatic heterocycles. The average Bonchev–Trinajstić information content (AvgIpc) is 3.20. The number of aromatic nitrogens is 2. The van der Waals surface area contributed by atoms with E-state index in [9.17, 15) is 4.79 Å². The molecular formula is C20H29ClN4O. The fourth-order valence-electron chi connectivity index (χ4n) is 4.84. The lowest BCUT2D eigenvalue weighted by Gasteiger charge is -2.27. The van der Waals surface area contributed by atoms with Crippen LogP contribution in [-0.2, 0) is 17.4 Å². The lowest BCUT2D eigenvalue weighted by molar-refractivity contribution is -0.126. The first kappa shape index (κ1) is 19.2. The minimum absolute atomic E-state index is 0. The number of nitrogens with zero attached hydrogens (tertiary/aromatic N) is 2. The molecule has 1 amide bonds. The first-order valence-electron chi connectivity index (χ1n) is 9.32. The van der Waals surface area contributed by atoms with E-state index in [1.54, 1.807) is 0 Å². The van der Waals surface area contributed by atoms with Crippen molar-refractivity contribution in [3.63, 3.8) is 0 Å². The fourth-order valence-corrected chi connectivity index (χ4v) is 4.84. The summed E-state index contributed by atoms with van der Waals surface area (Å²) >= 11 is 0. The molecular weight excluding hydrogens is 348 g/mol. The number of aryl methyl sites for hydroxylation is 2. The second-order valence-electron chi connectivity index (χ2n) is 8.40. The largest absolute Gasteiger partial charge is 0.345 e. The fraction of sp³-hybridized carbons (Fsp3) is 0.600. The second-order valence-corrected chi connectivity index (χ2v) is 8.40. The van der Waals surface area contributed by atoms with E-state index in [1.807, 2.05) is 11.7 Å². The predicted molar refractivity (Wildman–Crippen MR) is 106 cm³/mol. The highest BCUT2D eigenvalue weighted by atomic mass is 35.5. The SMILES string of the molecule is Cc1cccc2c(C(C)(C)NC(=O)[C@@H]3C[C@H]4CNC[C@H]4C3)nn(C)c12.Cl. The molecule has 2 heterocycles. The van der Waals surface area contributed by atoms with Crippen molar-refractivity contribution < 1.29 is 4.79 Å². The van der Waals surface area contributed by atoms with Crippen LogP contribution >= 0.6 is 12.4 Å². The number of carbonyl (C=O) groups excluding carboxylic acids is 1. The number of fused-ring (bicyclic) bond motifs is 2. The summed E-state index contributed by atoms with van der Waals surface area (Å²) < 4.78 is 1.93. The van der Waals surface area contributed by atoms with Crippen LogP contribution in [0.5, 0.6) is 0 Å². The first-order chi connectivity index (χ1) is 11.9. The van der Waals surface area contributed by atoms with Crippen molar-refractivity contribution >= 4 is 29.2 Å². The maximum Gasteiger partial charge on any atom is 0.223 e. The van der Waals surface area contributed by atoms with Crippen molar-refractivity contribution in [3.8, 4) is 0 Å². The van der Waals surface area contributed by atoms with Gasteiger partial charge in [-0.15, -0.1) is 12.4 Å². The highest BCUT2D eigenvalue weighted by Gasteiger charge is 2.41. The van der Waals surface area contributed by atoms with Gasteiger partial charge >= 0.3 is 0 Å². The molecule has 0 radical (unpaired) electrons. The van der Waals surface area contributed by atoms with Crippen LogP contribution in [0.4, 0.5) is 0 Å². The minimum Gasteiger partial charge on any atom is -0.345 e. The molecule has 3 atom stereocenters. The van der Waals surface area contributed by atoms with Crippen LogP contribution in [0.2, 0.25) is 0 Å². The summed E-state index contributed by atoms with van der Waals surface area (Å²) in [6.45, 7) is 8.37. The van der Waals surface area contributed by atoms with Gasteiger partial charge in [-0.1, -0.05) is 18.2 Å². The minimum atomic E-state index is -0.486. The molecule has 1 aliphatic heterocycles. The zero-order valence-corrected chi connectivity index (χ0v) is 16.8. The maximum atomic E-state index is 12.9. The Morgan fingerprint density at radius 3 is 2.58 bits per heavy atom. The quantitative estimate of drug-likeness (QED) is 0.865. The summed E-state index contributed by atoms with van der Waals surface area (Å²) in [5, 5.41) is 12.6. The number of benzene rings is 1. The molecule has 26 heavy (non-hydrogen) atoms. The molecule has 0 bridgehead atoms. The highest BCUT2D eigenvalue weighted by Crippen LogP contribution is 2.39. The van der Waals surface area contributed by atoms with Gasteiger partial charge < -0.3 is 10.6 Å². The molecule has 2 N–H and O–H groups in total. The van der Waals surface area contributed by atoms with Crippen molar-refractivity contribution in [2.75, 3.05) is 13.1 Å². The van der Waals surface area contributed by atoms with Gasteiger partial charge in [0.25, 0.3) is 0 Å². The summed E-state index contributed by atoms with van der Waals surface area (Å²) in [4.78, 5) is 12.9. The first-order valence-corrected chi connectivity index (χ1v) is 9.32. The molecule has 2 aromatic rings. The third-order valence-corrected chi connectivity index (χ3v) is 6.12. The molecule has 1 saturated carbocycles. The Morgan fingerprint density at radius 1 is 1.27 bits per heavy atom. The van der Waals surface area contributed by atoms with Gasteiger partial charge in [0.05, 0.1) is 16.7 Å². The maximum absolute atomic E-state index is 12.9. The Kier molecular flexibility index (Phi) is 5.06. The van der Waals surface area contributed by atoms with Crippen LogP contribution in [0, 0.1) is 24.7 Å². The third-order valence-electron chi connectivity index (χ3n) is 6.12. The number of rotatable bonds is 3. The molecule has 142 valence electrons. The Balaban J connectivity index is 0.00000196. The summed E-state index contributed by atoms with van der Waals surface area (Å²) in [6.07, 6.45) is 2.03. The number of para-hydroxylation sites is 1. The van der Waals surface area contributed by atoms with E-state index >= 15 is 0 Å². The Hall–Kier alpha value is -1.59. The van der Waals surface area contributed by atoms with E-state index in [-0.39, 0.29) is 24.2 Å². The number of halogens is 1. The smallest absolute Gasteiger partial charge is 0.223 e. The molecule has 0 unspecified atom stereocenters. The Bertz CT molecular complexity index is 817. The number of amides is 1. The van der Waals surface area contributed by atoms with Crippen LogP contribution in [0.1, 0.15) is 37.9 Å². The van der Waals surface area contributed by atoms with Gasteiger partial charge in [0.15, 0.2) is 0 Å². The van der Waals surface area contributed by atoms with E-state index in [0.717, 1.165) is 42.5 Å². The zero-order chi connectivity index (χ0) is 17.8. The van der Waals surface area contributed by atoms with Crippen LogP contribution in [0.3, 0.4) is 0 Å². The van der Waals surface area contributed by atoms with Crippen molar-refractivity contribution in [1.29, 1.82) is 0 Å². The van der Waals surface area contributed by atoms with Gasteiger partial charge in [-0.3, -0.25) is 9.48 Å².